The van der Waals surface area contributed by atoms with Crippen LogP contribution in [0.5, 0.6) is 0 Å². The largest absolute Gasteiger partial charge is 0.456 e. The molecule has 0 saturated carbocycles. The van der Waals surface area contributed by atoms with Crippen LogP contribution in [0.3, 0.4) is 0 Å². The first-order chi connectivity index (χ1) is 7.88. The van der Waals surface area contributed by atoms with Gasteiger partial charge in [-0.15, -0.1) is 0 Å². The van der Waals surface area contributed by atoms with Crippen molar-refractivity contribution in [3.63, 3.8) is 0 Å². The summed E-state index contributed by atoms with van der Waals surface area (Å²) in [5.41, 5.74) is 5.80. The van der Waals surface area contributed by atoms with Gasteiger partial charge in [0, 0.05) is 19.1 Å². The molecule has 0 aromatic rings. The minimum absolute atomic E-state index is 0.118. The predicted octanol–water partition coefficient (Wildman–Crippen LogP) is 0.606. The summed E-state index contributed by atoms with van der Waals surface area (Å²) in [6.07, 6.45) is -0.191. The molecule has 4 nitrogen and oxygen atoms in total. The number of nitrogens with two attached hydrogens (primary N) is 1. The average Bonchev–Trinajstić information content (AvgIpc) is 2.73. The van der Waals surface area contributed by atoms with Crippen molar-refractivity contribution in [1.29, 1.82) is 0 Å². The molecule has 2 N–H and O–H groups in total. The normalized spacial score (nSPS) is 34.9. The molecule has 0 radical (unpaired) electrons. The molecule has 0 amide bonds. The van der Waals surface area contributed by atoms with Crippen LogP contribution in [0.25, 0.3) is 0 Å². The standard InChI is InChI=1S/C11H18F2N2O2/c1-7(14)8-2-3-15(5-8)6-9-4-11(12,13)10(16)17-9/h7-9H,2-6,14H2,1H3. The van der Waals surface area contributed by atoms with Crippen molar-refractivity contribution in [2.45, 2.75) is 37.8 Å². The van der Waals surface area contributed by atoms with Crippen molar-refractivity contribution in [3.05, 3.63) is 0 Å². The summed E-state index contributed by atoms with van der Waals surface area (Å²) in [6, 6.07) is 0.118. The number of likely N-dealkylation sites (tertiary alicyclic amines) is 1. The van der Waals surface area contributed by atoms with Crippen LogP contribution in [0.2, 0.25) is 0 Å². The smallest absolute Gasteiger partial charge is 0.377 e. The first kappa shape index (κ1) is 12.7. The quantitative estimate of drug-likeness (QED) is 0.743. The Balaban J connectivity index is 1.82. The van der Waals surface area contributed by atoms with Crippen molar-refractivity contribution >= 4 is 5.97 Å². The van der Waals surface area contributed by atoms with Crippen LogP contribution < -0.4 is 5.73 Å². The van der Waals surface area contributed by atoms with Gasteiger partial charge >= 0.3 is 11.9 Å². The number of hydrogen-bond acceptors (Lipinski definition) is 4. The second-order valence-corrected chi connectivity index (χ2v) is 5.10. The molecule has 3 atom stereocenters. The van der Waals surface area contributed by atoms with E-state index >= 15 is 0 Å². The third-order valence-electron chi connectivity index (χ3n) is 3.57. The summed E-state index contributed by atoms with van der Waals surface area (Å²) >= 11 is 0. The molecule has 2 aliphatic rings. The maximum Gasteiger partial charge on any atom is 0.377 e. The Morgan fingerprint density at radius 1 is 1.65 bits per heavy atom. The number of carbonyl (C=O) groups is 1. The molecule has 0 aliphatic carbocycles. The topological polar surface area (TPSA) is 55.6 Å². The highest BCUT2D eigenvalue weighted by molar-refractivity contribution is 5.79. The van der Waals surface area contributed by atoms with E-state index in [0.717, 1.165) is 19.5 Å². The second-order valence-electron chi connectivity index (χ2n) is 5.10. The van der Waals surface area contributed by atoms with Crippen LogP contribution in [-0.2, 0) is 9.53 Å². The fraction of sp³-hybridized carbons (Fsp3) is 0.909. The number of carbonyl (C=O) groups excluding carboxylic acids is 1. The summed E-state index contributed by atoms with van der Waals surface area (Å²) < 4.78 is 30.6. The van der Waals surface area contributed by atoms with Crippen LogP contribution in [0.15, 0.2) is 0 Å². The number of ether oxygens (including phenoxy) is 1. The van der Waals surface area contributed by atoms with Gasteiger partial charge in [0.05, 0.1) is 6.42 Å². The molecular weight excluding hydrogens is 230 g/mol. The number of nitrogens with zero attached hydrogens (tertiary/aromatic N) is 1. The first-order valence-corrected chi connectivity index (χ1v) is 5.95. The molecule has 2 heterocycles. The molecule has 0 spiro atoms. The van der Waals surface area contributed by atoms with Gasteiger partial charge in [0.25, 0.3) is 0 Å². The zero-order valence-corrected chi connectivity index (χ0v) is 9.86. The van der Waals surface area contributed by atoms with E-state index in [1.54, 1.807) is 0 Å². The third-order valence-corrected chi connectivity index (χ3v) is 3.57. The Labute approximate surface area is 99.1 Å². The Morgan fingerprint density at radius 2 is 2.35 bits per heavy atom. The Hall–Kier alpha value is -0.750. The van der Waals surface area contributed by atoms with E-state index in [1.165, 1.54) is 0 Å². The van der Waals surface area contributed by atoms with Crippen LogP contribution >= 0.6 is 0 Å². The van der Waals surface area contributed by atoms with E-state index in [2.05, 4.69) is 4.74 Å². The zero-order chi connectivity index (χ0) is 12.6. The Morgan fingerprint density at radius 3 is 2.82 bits per heavy atom. The fourth-order valence-electron chi connectivity index (χ4n) is 2.50. The van der Waals surface area contributed by atoms with Gasteiger partial charge < -0.3 is 10.5 Å². The zero-order valence-electron chi connectivity index (χ0n) is 9.86. The molecule has 17 heavy (non-hydrogen) atoms. The molecule has 98 valence electrons. The van der Waals surface area contributed by atoms with Crippen molar-refractivity contribution in [2.75, 3.05) is 19.6 Å². The van der Waals surface area contributed by atoms with Crippen molar-refractivity contribution in [2.24, 2.45) is 11.7 Å². The van der Waals surface area contributed by atoms with Gasteiger partial charge in [0.15, 0.2) is 0 Å². The highest BCUT2D eigenvalue weighted by Crippen LogP contribution is 2.32. The van der Waals surface area contributed by atoms with E-state index in [1.807, 2.05) is 11.8 Å². The number of esters is 1. The van der Waals surface area contributed by atoms with E-state index < -0.39 is 24.4 Å². The van der Waals surface area contributed by atoms with Gasteiger partial charge in [-0.25, -0.2) is 4.79 Å². The van der Waals surface area contributed by atoms with E-state index in [4.69, 9.17) is 5.73 Å². The maximum atomic E-state index is 13.0. The monoisotopic (exact) mass is 248 g/mol. The number of cyclic esters (lactones) is 1. The van der Waals surface area contributed by atoms with E-state index in [-0.39, 0.29) is 6.04 Å². The molecule has 2 saturated heterocycles. The first-order valence-electron chi connectivity index (χ1n) is 5.95. The number of hydrogen-bond donors (Lipinski definition) is 1. The van der Waals surface area contributed by atoms with Crippen LogP contribution in [0.4, 0.5) is 8.78 Å². The van der Waals surface area contributed by atoms with Gasteiger partial charge in [-0.1, -0.05) is 0 Å². The van der Waals surface area contributed by atoms with Crippen LogP contribution in [0.1, 0.15) is 19.8 Å². The summed E-state index contributed by atoms with van der Waals surface area (Å²) in [7, 11) is 0. The molecule has 2 fully saturated rings. The SMILES string of the molecule is CC(N)C1CCN(CC2CC(F)(F)C(=O)O2)C1. The number of rotatable bonds is 3. The third kappa shape index (κ3) is 2.74. The minimum atomic E-state index is -3.30. The second kappa shape index (κ2) is 4.49. The highest BCUT2D eigenvalue weighted by Gasteiger charge is 2.51. The lowest BCUT2D eigenvalue weighted by Gasteiger charge is -2.20. The minimum Gasteiger partial charge on any atom is -0.456 e. The average molecular weight is 248 g/mol. The lowest BCUT2D eigenvalue weighted by Crippen LogP contribution is -2.34. The summed E-state index contributed by atoms with van der Waals surface area (Å²) in [5.74, 6) is -4.27. The molecule has 6 heteroatoms. The lowest BCUT2D eigenvalue weighted by atomic mass is 10.0. The van der Waals surface area contributed by atoms with Gasteiger partial charge in [-0.2, -0.15) is 8.78 Å². The van der Waals surface area contributed by atoms with Gasteiger partial charge in [-0.05, 0) is 25.8 Å². The van der Waals surface area contributed by atoms with E-state index in [9.17, 15) is 13.6 Å². The molecule has 2 aliphatic heterocycles. The fourth-order valence-corrected chi connectivity index (χ4v) is 2.50. The number of halogens is 2. The van der Waals surface area contributed by atoms with Crippen molar-refractivity contribution < 1.29 is 18.3 Å². The van der Waals surface area contributed by atoms with Crippen LogP contribution in [0, 0.1) is 5.92 Å². The van der Waals surface area contributed by atoms with Crippen molar-refractivity contribution in [3.8, 4) is 0 Å². The maximum absolute atomic E-state index is 13.0. The molecule has 0 aromatic heterocycles. The van der Waals surface area contributed by atoms with Crippen LogP contribution in [-0.4, -0.2) is 48.6 Å². The number of alkyl halides is 2. The highest BCUT2D eigenvalue weighted by atomic mass is 19.3. The Bertz CT molecular complexity index is 310. The summed E-state index contributed by atoms with van der Waals surface area (Å²) in [5, 5.41) is 0. The predicted molar refractivity (Wildman–Crippen MR) is 57.6 cm³/mol. The van der Waals surface area contributed by atoms with Gasteiger partial charge in [0.2, 0.25) is 0 Å². The molecule has 0 aromatic carbocycles. The molecule has 3 unspecified atom stereocenters. The Kier molecular flexibility index (Phi) is 3.36. The summed E-state index contributed by atoms with van der Waals surface area (Å²) in [4.78, 5) is 12.9. The van der Waals surface area contributed by atoms with Gasteiger partial charge in [0.1, 0.15) is 6.10 Å². The lowest BCUT2D eigenvalue weighted by molar-refractivity contribution is -0.159. The van der Waals surface area contributed by atoms with Gasteiger partial charge in [-0.3, -0.25) is 4.90 Å². The molecular formula is C11H18F2N2O2. The molecule has 0 bridgehead atoms. The van der Waals surface area contributed by atoms with Crippen molar-refractivity contribution in [1.82, 2.24) is 4.90 Å². The molecule has 2 rings (SSSR count). The summed E-state index contributed by atoms with van der Waals surface area (Å²) in [6.45, 7) is 3.99. The van der Waals surface area contributed by atoms with E-state index in [0.29, 0.717) is 12.5 Å².